The lowest BCUT2D eigenvalue weighted by Crippen LogP contribution is -2.33. The van der Waals surface area contributed by atoms with E-state index in [9.17, 15) is 4.79 Å². The molecule has 1 heterocycles. The van der Waals surface area contributed by atoms with Crippen LogP contribution in [0, 0.1) is 0 Å². The van der Waals surface area contributed by atoms with Gasteiger partial charge in [0.1, 0.15) is 11.6 Å². The number of carbonyl (C=O) groups excluding carboxylic acids is 1. The number of primary amides is 1. The third-order valence-electron chi connectivity index (χ3n) is 1.99. The second-order valence-corrected chi connectivity index (χ2v) is 4.21. The van der Waals surface area contributed by atoms with Crippen LogP contribution in [0.25, 0.3) is 0 Å². The molecule has 6 nitrogen and oxygen atoms in total. The number of aromatic nitrogens is 1. The maximum Gasteiger partial charge on any atom is 0.312 e. The summed E-state index contributed by atoms with van der Waals surface area (Å²) in [6, 6.07) is 1.04. The van der Waals surface area contributed by atoms with E-state index in [1.54, 1.807) is 6.07 Å². The number of hydrogen-bond acceptors (Lipinski definition) is 4. The molecule has 0 aliphatic carbocycles. The van der Waals surface area contributed by atoms with Gasteiger partial charge >= 0.3 is 6.03 Å². The first-order valence-electron chi connectivity index (χ1n) is 5.41. The van der Waals surface area contributed by atoms with Crippen molar-refractivity contribution in [3.8, 4) is 0 Å². The Morgan fingerprint density at radius 3 is 2.44 bits per heavy atom. The number of halogens is 2. The molecule has 0 radical (unpaired) electrons. The van der Waals surface area contributed by atoms with Crippen LogP contribution in [-0.4, -0.2) is 30.6 Å². The topological polar surface area (TPSA) is 92.1 Å². The molecule has 5 N–H and O–H groups in total. The number of nitrogens with one attached hydrogen (secondary N) is 3. The Morgan fingerprint density at radius 1 is 1.28 bits per heavy atom. The highest BCUT2D eigenvalue weighted by molar-refractivity contribution is 6.37. The van der Waals surface area contributed by atoms with Crippen molar-refractivity contribution in [1.29, 1.82) is 0 Å². The van der Waals surface area contributed by atoms with Crippen LogP contribution in [0.3, 0.4) is 0 Å². The molecular formula is C10H15Cl2N5O. The zero-order chi connectivity index (χ0) is 13.5. The summed E-state index contributed by atoms with van der Waals surface area (Å²) in [7, 11) is 0. The number of rotatable bonds is 6. The third kappa shape index (κ3) is 4.46. The molecule has 8 heteroatoms. The summed E-state index contributed by atoms with van der Waals surface area (Å²) in [6.45, 7) is 3.49. The lowest BCUT2D eigenvalue weighted by Gasteiger charge is -2.11. The Hall–Kier alpha value is -1.40. The Kier molecular flexibility index (Phi) is 5.80. The van der Waals surface area contributed by atoms with Gasteiger partial charge in [-0.25, -0.2) is 9.78 Å². The number of carbonyl (C=O) groups is 1. The number of urea groups is 1. The van der Waals surface area contributed by atoms with Crippen molar-refractivity contribution < 1.29 is 4.79 Å². The quantitative estimate of drug-likeness (QED) is 0.603. The van der Waals surface area contributed by atoms with Crippen LogP contribution < -0.4 is 21.7 Å². The minimum Gasteiger partial charge on any atom is -0.369 e. The van der Waals surface area contributed by atoms with Gasteiger partial charge in [-0.1, -0.05) is 23.2 Å². The lowest BCUT2D eigenvalue weighted by molar-refractivity contribution is 0.249. The fourth-order valence-corrected chi connectivity index (χ4v) is 1.74. The molecule has 0 saturated heterocycles. The fourth-order valence-electron chi connectivity index (χ4n) is 1.25. The fraction of sp³-hybridized carbons (Fsp3) is 0.400. The van der Waals surface area contributed by atoms with Gasteiger partial charge in [0.2, 0.25) is 0 Å². The monoisotopic (exact) mass is 291 g/mol. The van der Waals surface area contributed by atoms with E-state index in [4.69, 9.17) is 28.9 Å². The second kappa shape index (κ2) is 7.13. The molecule has 0 saturated carbocycles. The molecule has 1 aromatic heterocycles. The predicted molar refractivity (Wildman–Crippen MR) is 74.5 cm³/mol. The number of pyridine rings is 1. The summed E-state index contributed by atoms with van der Waals surface area (Å²) in [4.78, 5) is 14.7. The number of hydrogen-bond donors (Lipinski definition) is 4. The molecule has 0 aliphatic heterocycles. The molecule has 100 valence electrons. The summed E-state index contributed by atoms with van der Waals surface area (Å²) in [5.41, 5.74) is 4.94. The van der Waals surface area contributed by atoms with Crippen molar-refractivity contribution in [3.05, 3.63) is 16.1 Å². The van der Waals surface area contributed by atoms with Gasteiger partial charge in [0.05, 0.1) is 10.0 Å². The third-order valence-corrected chi connectivity index (χ3v) is 2.57. The maximum atomic E-state index is 10.5. The minimum absolute atomic E-state index is 0.381. The van der Waals surface area contributed by atoms with Crippen molar-refractivity contribution in [2.45, 2.75) is 6.92 Å². The summed E-state index contributed by atoms with van der Waals surface area (Å²) < 4.78 is 0. The van der Waals surface area contributed by atoms with Crippen molar-refractivity contribution >= 4 is 40.9 Å². The average molecular weight is 292 g/mol. The lowest BCUT2D eigenvalue weighted by atomic mass is 10.4. The first-order chi connectivity index (χ1) is 8.54. The molecule has 18 heavy (non-hydrogen) atoms. The first-order valence-corrected chi connectivity index (χ1v) is 6.17. The molecule has 0 aromatic carbocycles. The molecule has 1 aromatic rings. The van der Waals surface area contributed by atoms with E-state index < -0.39 is 6.03 Å². The van der Waals surface area contributed by atoms with Crippen molar-refractivity contribution in [2.75, 3.05) is 30.3 Å². The summed E-state index contributed by atoms with van der Waals surface area (Å²) in [5.74, 6) is 1.07. The van der Waals surface area contributed by atoms with E-state index >= 15 is 0 Å². The van der Waals surface area contributed by atoms with E-state index in [-0.39, 0.29) is 0 Å². The Morgan fingerprint density at radius 2 is 1.89 bits per heavy atom. The minimum atomic E-state index is -0.569. The zero-order valence-corrected chi connectivity index (χ0v) is 11.4. The standard InChI is InChI=1S/C10H15Cl2N5O/c1-2-14-8-6(11)5-7(12)9(17-8)15-3-4-16-10(13)18/h5H,2-4H2,1H3,(H3,13,16,18)(H2,14,15,17). The van der Waals surface area contributed by atoms with Crippen LogP contribution in [0.1, 0.15) is 6.92 Å². The van der Waals surface area contributed by atoms with Gasteiger partial charge in [-0.2, -0.15) is 0 Å². The molecule has 0 fully saturated rings. The van der Waals surface area contributed by atoms with Crippen LogP contribution in [0.15, 0.2) is 6.07 Å². The molecule has 0 unspecified atom stereocenters. The summed E-state index contributed by atoms with van der Waals surface area (Å²) >= 11 is 12.0. The van der Waals surface area contributed by atoms with Gasteiger partial charge in [-0.05, 0) is 13.0 Å². The van der Waals surface area contributed by atoms with Crippen LogP contribution in [0.4, 0.5) is 16.4 Å². The van der Waals surface area contributed by atoms with Gasteiger partial charge in [-0.15, -0.1) is 0 Å². The first kappa shape index (κ1) is 14.7. The van der Waals surface area contributed by atoms with E-state index in [1.165, 1.54) is 0 Å². The molecule has 0 aliphatic rings. The number of amides is 2. The molecule has 0 bridgehead atoms. The molecular weight excluding hydrogens is 277 g/mol. The highest BCUT2D eigenvalue weighted by Gasteiger charge is 2.08. The SMILES string of the molecule is CCNc1nc(NCCNC(N)=O)c(Cl)cc1Cl. The van der Waals surface area contributed by atoms with Crippen LogP contribution >= 0.6 is 23.2 Å². The van der Waals surface area contributed by atoms with Gasteiger partial charge < -0.3 is 21.7 Å². The van der Waals surface area contributed by atoms with Crippen molar-refractivity contribution in [3.63, 3.8) is 0 Å². The van der Waals surface area contributed by atoms with Crippen molar-refractivity contribution in [2.24, 2.45) is 5.73 Å². The van der Waals surface area contributed by atoms with Crippen LogP contribution in [0.5, 0.6) is 0 Å². The highest BCUT2D eigenvalue weighted by Crippen LogP contribution is 2.28. The van der Waals surface area contributed by atoms with Crippen LogP contribution in [-0.2, 0) is 0 Å². The molecule has 0 atom stereocenters. The zero-order valence-electron chi connectivity index (χ0n) is 9.89. The van der Waals surface area contributed by atoms with Gasteiger partial charge in [0, 0.05) is 19.6 Å². The van der Waals surface area contributed by atoms with Gasteiger partial charge in [-0.3, -0.25) is 0 Å². The van der Waals surface area contributed by atoms with Crippen LogP contribution in [0.2, 0.25) is 10.0 Å². The molecule has 2 amide bonds. The van der Waals surface area contributed by atoms with Gasteiger partial charge in [0.15, 0.2) is 0 Å². The Bertz CT molecular complexity index is 427. The highest BCUT2D eigenvalue weighted by atomic mass is 35.5. The summed E-state index contributed by atoms with van der Waals surface area (Å²) in [6.07, 6.45) is 0. The maximum absolute atomic E-state index is 10.5. The average Bonchev–Trinajstić information content (AvgIpc) is 2.29. The number of anilines is 2. The van der Waals surface area contributed by atoms with Gasteiger partial charge in [0.25, 0.3) is 0 Å². The Labute approximate surface area is 115 Å². The Balaban J connectivity index is 2.64. The smallest absolute Gasteiger partial charge is 0.312 e. The molecule has 1 rings (SSSR count). The predicted octanol–water partition coefficient (Wildman–Crippen LogP) is 1.90. The molecule has 0 spiro atoms. The second-order valence-electron chi connectivity index (χ2n) is 3.40. The van der Waals surface area contributed by atoms with Crippen molar-refractivity contribution in [1.82, 2.24) is 10.3 Å². The number of nitrogens with zero attached hydrogens (tertiary/aromatic N) is 1. The van der Waals surface area contributed by atoms with E-state index in [0.29, 0.717) is 41.3 Å². The normalized spacial score (nSPS) is 9.94. The van der Waals surface area contributed by atoms with E-state index in [1.807, 2.05) is 6.92 Å². The number of nitrogens with two attached hydrogens (primary N) is 1. The largest absolute Gasteiger partial charge is 0.369 e. The van der Waals surface area contributed by atoms with E-state index in [2.05, 4.69) is 20.9 Å². The summed E-state index contributed by atoms with van der Waals surface area (Å²) in [5, 5.41) is 9.33. The van der Waals surface area contributed by atoms with E-state index in [0.717, 1.165) is 0 Å².